The molecule has 1 aromatic carbocycles. The van der Waals surface area contributed by atoms with Crippen molar-refractivity contribution in [2.45, 2.75) is 13.3 Å². The van der Waals surface area contributed by atoms with E-state index >= 15 is 0 Å². The van der Waals surface area contributed by atoms with Crippen LogP contribution in [-0.4, -0.2) is 52.7 Å². The van der Waals surface area contributed by atoms with E-state index in [1.807, 2.05) is 6.20 Å². The number of fused-ring (bicyclic) bond motifs is 1. The van der Waals surface area contributed by atoms with E-state index in [0.29, 0.717) is 0 Å². The minimum atomic E-state index is 0.816. The molecule has 0 spiro atoms. The van der Waals surface area contributed by atoms with E-state index in [-0.39, 0.29) is 0 Å². The predicted molar refractivity (Wildman–Crippen MR) is 95.0 cm³/mol. The SMILES string of the molecule is Cc1cc(-c2ncc[nH]2)nc2ccc(CCN3CCOCC3)cc12. The van der Waals surface area contributed by atoms with Crippen molar-refractivity contribution in [3.63, 3.8) is 0 Å². The van der Waals surface area contributed by atoms with E-state index in [2.05, 4.69) is 46.1 Å². The van der Waals surface area contributed by atoms with Gasteiger partial charge >= 0.3 is 0 Å². The normalized spacial score (nSPS) is 15.9. The zero-order valence-corrected chi connectivity index (χ0v) is 14.0. The molecule has 3 aromatic rings. The largest absolute Gasteiger partial charge is 0.379 e. The first-order valence-electron chi connectivity index (χ1n) is 8.50. The van der Waals surface area contributed by atoms with Gasteiger partial charge in [-0.25, -0.2) is 9.97 Å². The second kappa shape index (κ2) is 6.71. The summed E-state index contributed by atoms with van der Waals surface area (Å²) in [7, 11) is 0. The van der Waals surface area contributed by atoms with Crippen molar-refractivity contribution in [3.05, 3.63) is 47.8 Å². The van der Waals surface area contributed by atoms with E-state index < -0.39 is 0 Å². The Balaban J connectivity index is 1.56. The smallest absolute Gasteiger partial charge is 0.156 e. The topological polar surface area (TPSA) is 54.0 Å². The molecule has 1 aliphatic rings. The molecule has 0 atom stereocenters. The van der Waals surface area contributed by atoms with E-state index in [1.54, 1.807) is 6.20 Å². The summed E-state index contributed by atoms with van der Waals surface area (Å²) in [5, 5.41) is 1.23. The van der Waals surface area contributed by atoms with Crippen molar-refractivity contribution in [2.24, 2.45) is 0 Å². The number of aryl methyl sites for hydroxylation is 1. The summed E-state index contributed by atoms with van der Waals surface area (Å²) in [5.41, 5.74) is 4.52. The van der Waals surface area contributed by atoms with Crippen LogP contribution in [-0.2, 0) is 11.2 Å². The van der Waals surface area contributed by atoms with Crippen LogP contribution in [0.2, 0.25) is 0 Å². The summed E-state index contributed by atoms with van der Waals surface area (Å²) in [5.74, 6) is 0.816. The van der Waals surface area contributed by atoms with Gasteiger partial charge in [0.25, 0.3) is 0 Å². The Morgan fingerprint density at radius 1 is 1.21 bits per heavy atom. The monoisotopic (exact) mass is 322 g/mol. The minimum Gasteiger partial charge on any atom is -0.379 e. The molecule has 1 saturated heterocycles. The molecule has 3 heterocycles. The molecule has 0 amide bonds. The molecule has 0 unspecified atom stereocenters. The highest BCUT2D eigenvalue weighted by atomic mass is 16.5. The van der Waals surface area contributed by atoms with Crippen LogP contribution in [0.15, 0.2) is 36.7 Å². The first-order valence-corrected chi connectivity index (χ1v) is 8.50. The third kappa shape index (κ3) is 3.18. The Kier molecular flexibility index (Phi) is 4.28. The molecule has 1 N–H and O–H groups in total. The zero-order chi connectivity index (χ0) is 16.4. The first-order chi connectivity index (χ1) is 11.8. The molecule has 2 aromatic heterocycles. The molecule has 0 bridgehead atoms. The number of morpholine rings is 1. The van der Waals surface area contributed by atoms with Crippen LogP contribution in [0.25, 0.3) is 22.4 Å². The number of pyridine rings is 1. The van der Waals surface area contributed by atoms with Gasteiger partial charge in [-0.3, -0.25) is 4.90 Å². The summed E-state index contributed by atoms with van der Waals surface area (Å²) < 4.78 is 5.41. The van der Waals surface area contributed by atoms with Crippen molar-refractivity contribution in [2.75, 3.05) is 32.8 Å². The summed E-state index contributed by atoms with van der Waals surface area (Å²) in [6.07, 6.45) is 4.64. The molecule has 1 aliphatic heterocycles. The Hall–Kier alpha value is -2.24. The van der Waals surface area contributed by atoms with Gasteiger partial charge in [-0.05, 0) is 42.7 Å². The van der Waals surface area contributed by atoms with Crippen molar-refractivity contribution in [3.8, 4) is 11.5 Å². The molecular formula is C19H22N4O. The maximum absolute atomic E-state index is 5.41. The zero-order valence-electron chi connectivity index (χ0n) is 14.0. The van der Waals surface area contributed by atoms with E-state index in [9.17, 15) is 0 Å². The van der Waals surface area contributed by atoms with Gasteiger partial charge in [0.2, 0.25) is 0 Å². The van der Waals surface area contributed by atoms with Crippen molar-refractivity contribution in [1.29, 1.82) is 0 Å². The van der Waals surface area contributed by atoms with Crippen LogP contribution in [0.3, 0.4) is 0 Å². The van der Waals surface area contributed by atoms with Crippen molar-refractivity contribution >= 4 is 10.9 Å². The van der Waals surface area contributed by atoms with Crippen LogP contribution in [0.5, 0.6) is 0 Å². The van der Waals surface area contributed by atoms with Gasteiger partial charge in [0.1, 0.15) is 5.69 Å². The number of imidazole rings is 1. The van der Waals surface area contributed by atoms with E-state index in [0.717, 1.165) is 56.3 Å². The summed E-state index contributed by atoms with van der Waals surface area (Å²) >= 11 is 0. The van der Waals surface area contributed by atoms with Crippen LogP contribution >= 0.6 is 0 Å². The van der Waals surface area contributed by atoms with Gasteiger partial charge < -0.3 is 9.72 Å². The number of H-pyrrole nitrogens is 1. The maximum Gasteiger partial charge on any atom is 0.156 e. The minimum absolute atomic E-state index is 0.816. The first kappa shape index (κ1) is 15.3. The number of aromatic nitrogens is 3. The Labute approximate surface area is 141 Å². The van der Waals surface area contributed by atoms with Crippen LogP contribution in [0.1, 0.15) is 11.1 Å². The third-order valence-corrected chi connectivity index (χ3v) is 4.64. The number of benzene rings is 1. The van der Waals surface area contributed by atoms with Crippen LogP contribution in [0.4, 0.5) is 0 Å². The molecule has 1 fully saturated rings. The number of ether oxygens (including phenoxy) is 1. The number of nitrogens with one attached hydrogen (secondary N) is 1. The lowest BCUT2D eigenvalue weighted by molar-refractivity contribution is 0.0384. The average Bonchev–Trinajstić information content (AvgIpc) is 3.16. The summed E-state index contributed by atoms with van der Waals surface area (Å²) in [6, 6.07) is 8.71. The van der Waals surface area contributed by atoms with Gasteiger partial charge in [-0.1, -0.05) is 6.07 Å². The van der Waals surface area contributed by atoms with E-state index in [1.165, 1.54) is 16.5 Å². The van der Waals surface area contributed by atoms with Crippen molar-refractivity contribution < 1.29 is 4.74 Å². The highest BCUT2D eigenvalue weighted by Crippen LogP contribution is 2.23. The Morgan fingerprint density at radius 2 is 2.08 bits per heavy atom. The fraction of sp³-hybridized carbons (Fsp3) is 0.368. The van der Waals surface area contributed by atoms with Gasteiger partial charge in [-0.2, -0.15) is 0 Å². The molecule has 24 heavy (non-hydrogen) atoms. The summed E-state index contributed by atoms with van der Waals surface area (Å²) in [4.78, 5) is 14.6. The fourth-order valence-corrected chi connectivity index (χ4v) is 3.24. The molecule has 0 radical (unpaired) electrons. The average molecular weight is 322 g/mol. The molecule has 0 saturated carbocycles. The second-order valence-corrected chi connectivity index (χ2v) is 6.32. The van der Waals surface area contributed by atoms with Gasteiger partial charge in [0.05, 0.1) is 18.7 Å². The number of hydrogen-bond acceptors (Lipinski definition) is 4. The Morgan fingerprint density at radius 3 is 2.88 bits per heavy atom. The molecule has 4 rings (SSSR count). The fourth-order valence-electron chi connectivity index (χ4n) is 3.24. The highest BCUT2D eigenvalue weighted by Gasteiger charge is 2.11. The number of aromatic amines is 1. The Bertz CT molecular complexity index is 823. The molecule has 5 heteroatoms. The van der Waals surface area contributed by atoms with Crippen molar-refractivity contribution in [1.82, 2.24) is 19.9 Å². The van der Waals surface area contributed by atoms with Crippen LogP contribution < -0.4 is 0 Å². The van der Waals surface area contributed by atoms with Gasteiger partial charge in [-0.15, -0.1) is 0 Å². The molecular weight excluding hydrogens is 300 g/mol. The lowest BCUT2D eigenvalue weighted by atomic mass is 10.0. The second-order valence-electron chi connectivity index (χ2n) is 6.32. The van der Waals surface area contributed by atoms with Crippen LogP contribution in [0, 0.1) is 6.92 Å². The molecule has 5 nitrogen and oxygen atoms in total. The lowest BCUT2D eigenvalue weighted by Gasteiger charge is -2.26. The number of hydrogen-bond donors (Lipinski definition) is 1. The quantitative estimate of drug-likeness (QED) is 0.802. The molecule has 124 valence electrons. The predicted octanol–water partition coefficient (Wildman–Crippen LogP) is 2.81. The number of nitrogens with zero attached hydrogens (tertiary/aromatic N) is 3. The molecule has 0 aliphatic carbocycles. The highest BCUT2D eigenvalue weighted by molar-refractivity contribution is 5.85. The maximum atomic E-state index is 5.41. The standard InChI is InChI=1S/C19H22N4O/c1-14-12-18(19-20-5-6-21-19)22-17-3-2-15(13-16(14)17)4-7-23-8-10-24-11-9-23/h2-3,5-6,12-13H,4,7-11H2,1H3,(H,20,21). The lowest BCUT2D eigenvalue weighted by Crippen LogP contribution is -2.37. The summed E-state index contributed by atoms with van der Waals surface area (Å²) in [6.45, 7) is 7.03. The number of rotatable bonds is 4. The van der Waals surface area contributed by atoms with Gasteiger partial charge in [0.15, 0.2) is 5.82 Å². The third-order valence-electron chi connectivity index (χ3n) is 4.64. The van der Waals surface area contributed by atoms with Gasteiger partial charge in [0, 0.05) is 37.4 Å². The van der Waals surface area contributed by atoms with E-state index in [4.69, 9.17) is 9.72 Å².